The number of halogens is 3. The zero-order valence-corrected chi connectivity index (χ0v) is 21.1. The molecule has 2 heterocycles. The fraction of sp³-hybridized carbons (Fsp3) is 0.346. The molecular weight excluding hydrogens is 507 g/mol. The number of amides is 2. The zero-order valence-electron chi connectivity index (χ0n) is 20.3. The molecule has 0 bridgehead atoms. The minimum absolute atomic E-state index is 0.0242. The Balaban J connectivity index is 1.34. The van der Waals surface area contributed by atoms with Crippen molar-refractivity contribution in [3.8, 4) is 11.5 Å². The summed E-state index contributed by atoms with van der Waals surface area (Å²) in [6.07, 6.45) is -3.49. The van der Waals surface area contributed by atoms with Crippen molar-refractivity contribution in [2.45, 2.75) is 31.5 Å². The van der Waals surface area contributed by atoms with Crippen molar-refractivity contribution in [3.05, 3.63) is 75.2 Å². The molecule has 7 nitrogen and oxygen atoms in total. The van der Waals surface area contributed by atoms with E-state index < -0.39 is 17.6 Å². The van der Waals surface area contributed by atoms with Crippen LogP contribution in [0.5, 0.6) is 11.5 Å². The molecule has 3 aromatic rings. The van der Waals surface area contributed by atoms with Crippen LogP contribution in [0.1, 0.15) is 55.7 Å². The third kappa shape index (κ3) is 6.22. The summed E-state index contributed by atoms with van der Waals surface area (Å²) < 4.78 is 50.5. The zero-order chi connectivity index (χ0) is 26.6. The van der Waals surface area contributed by atoms with Crippen molar-refractivity contribution in [3.63, 3.8) is 0 Å². The second-order valence-corrected chi connectivity index (χ2v) is 9.47. The highest BCUT2D eigenvalue weighted by molar-refractivity contribution is 7.09. The van der Waals surface area contributed by atoms with Gasteiger partial charge in [-0.25, -0.2) is 4.98 Å². The van der Waals surface area contributed by atoms with Gasteiger partial charge in [0.1, 0.15) is 17.2 Å². The van der Waals surface area contributed by atoms with E-state index in [-0.39, 0.29) is 23.9 Å². The minimum atomic E-state index is -4.60. The number of piperidine rings is 1. The molecule has 1 aliphatic heterocycles. The maximum Gasteiger partial charge on any atom is 0.417 e. The first-order chi connectivity index (χ1) is 17.7. The van der Waals surface area contributed by atoms with Gasteiger partial charge in [-0.05, 0) is 42.7 Å². The Morgan fingerprint density at radius 2 is 1.73 bits per heavy atom. The van der Waals surface area contributed by atoms with Gasteiger partial charge in [0.05, 0.1) is 30.4 Å². The van der Waals surface area contributed by atoms with Crippen LogP contribution < -0.4 is 14.8 Å². The molecule has 0 unspecified atom stereocenters. The van der Waals surface area contributed by atoms with Gasteiger partial charge in [0.2, 0.25) is 0 Å². The van der Waals surface area contributed by atoms with Crippen LogP contribution >= 0.6 is 11.3 Å². The number of carbonyl (C=O) groups excluding carboxylic acids is 2. The lowest BCUT2D eigenvalue weighted by atomic mass is 9.96. The highest BCUT2D eigenvalue weighted by Crippen LogP contribution is 2.34. The van der Waals surface area contributed by atoms with Gasteiger partial charge in [-0.1, -0.05) is 12.1 Å². The third-order valence-corrected chi connectivity index (χ3v) is 7.22. The quantitative estimate of drug-likeness (QED) is 0.456. The number of benzene rings is 2. The molecule has 4 rings (SSSR count). The van der Waals surface area contributed by atoms with E-state index in [9.17, 15) is 22.8 Å². The number of hydrogen-bond donors (Lipinski definition) is 1. The first-order valence-electron chi connectivity index (χ1n) is 11.6. The summed E-state index contributed by atoms with van der Waals surface area (Å²) in [5.41, 5.74) is -0.156. The number of aromatic nitrogens is 1. The van der Waals surface area contributed by atoms with Crippen molar-refractivity contribution in [2.75, 3.05) is 27.3 Å². The molecule has 2 amide bonds. The molecule has 0 atom stereocenters. The van der Waals surface area contributed by atoms with Gasteiger partial charge in [-0.3, -0.25) is 9.59 Å². The van der Waals surface area contributed by atoms with Crippen LogP contribution in [0.4, 0.5) is 13.2 Å². The third-order valence-electron chi connectivity index (χ3n) is 6.21. The number of carbonyl (C=O) groups is 2. The molecular formula is C26H26F3N3O4S. The Hall–Kier alpha value is -3.60. The van der Waals surface area contributed by atoms with Gasteiger partial charge < -0.3 is 19.7 Å². The molecule has 0 radical (unpaired) electrons. The van der Waals surface area contributed by atoms with E-state index >= 15 is 0 Å². The molecule has 196 valence electrons. The summed E-state index contributed by atoms with van der Waals surface area (Å²) in [5, 5.41) is 5.30. The Morgan fingerprint density at radius 3 is 2.35 bits per heavy atom. The van der Waals surface area contributed by atoms with Crippen LogP contribution in [0.3, 0.4) is 0 Å². The number of nitrogens with zero attached hydrogens (tertiary/aromatic N) is 2. The molecule has 2 aromatic carbocycles. The molecule has 37 heavy (non-hydrogen) atoms. The van der Waals surface area contributed by atoms with E-state index in [2.05, 4.69) is 10.3 Å². The van der Waals surface area contributed by atoms with Crippen LogP contribution in [0.15, 0.2) is 47.8 Å². The molecule has 1 aliphatic rings. The molecule has 11 heteroatoms. The second-order valence-electron chi connectivity index (χ2n) is 8.58. The Labute approximate surface area is 216 Å². The fourth-order valence-corrected chi connectivity index (χ4v) is 5.21. The van der Waals surface area contributed by atoms with Gasteiger partial charge in [-0.15, -0.1) is 11.3 Å². The summed E-state index contributed by atoms with van der Waals surface area (Å²) in [5.74, 6) is 0.314. The predicted molar refractivity (Wildman–Crippen MR) is 132 cm³/mol. The topological polar surface area (TPSA) is 80.8 Å². The lowest BCUT2D eigenvalue weighted by Crippen LogP contribution is -2.38. The van der Waals surface area contributed by atoms with Gasteiger partial charge >= 0.3 is 6.18 Å². The average molecular weight is 534 g/mol. The van der Waals surface area contributed by atoms with Crippen molar-refractivity contribution in [1.82, 2.24) is 15.2 Å². The number of likely N-dealkylation sites (tertiary alicyclic amines) is 1. The van der Waals surface area contributed by atoms with Crippen molar-refractivity contribution in [1.29, 1.82) is 0 Å². The SMILES string of the molecule is COc1cc(CNC(=O)c2csc(C3CCN(C(=O)c4ccccc4C(F)(F)F)CC3)n2)cc(OC)c1. The summed E-state index contributed by atoms with van der Waals surface area (Å²) in [6, 6.07) is 10.2. The van der Waals surface area contributed by atoms with E-state index in [1.54, 1.807) is 37.8 Å². The first-order valence-corrected chi connectivity index (χ1v) is 12.5. The number of methoxy groups -OCH3 is 2. The first kappa shape index (κ1) is 26.5. The van der Waals surface area contributed by atoms with E-state index in [1.807, 2.05) is 0 Å². The molecule has 1 saturated heterocycles. The standard InChI is InChI=1S/C26H26F3N3O4S/c1-35-18-11-16(12-19(13-18)36-2)14-30-23(33)22-15-37-24(31-22)17-7-9-32(10-8-17)25(34)20-5-3-4-6-21(20)26(27,28)29/h3-6,11-13,15,17H,7-10,14H2,1-2H3,(H,30,33). The average Bonchev–Trinajstić information content (AvgIpc) is 3.41. The molecule has 1 aromatic heterocycles. The Bertz CT molecular complexity index is 1250. The summed E-state index contributed by atoms with van der Waals surface area (Å²) in [7, 11) is 3.10. The number of rotatable bonds is 7. The highest BCUT2D eigenvalue weighted by Gasteiger charge is 2.36. The van der Waals surface area contributed by atoms with Crippen molar-refractivity contribution < 1.29 is 32.2 Å². The van der Waals surface area contributed by atoms with E-state index in [0.29, 0.717) is 43.1 Å². The smallest absolute Gasteiger partial charge is 0.417 e. The van der Waals surface area contributed by atoms with Crippen LogP contribution in [-0.4, -0.2) is 49.0 Å². The second kappa shape index (κ2) is 11.2. The maximum atomic E-state index is 13.3. The lowest BCUT2D eigenvalue weighted by Gasteiger charge is -2.31. The number of alkyl halides is 3. The van der Waals surface area contributed by atoms with Gasteiger partial charge in [-0.2, -0.15) is 13.2 Å². The van der Waals surface area contributed by atoms with Gasteiger partial charge in [0, 0.05) is 37.0 Å². The number of ether oxygens (including phenoxy) is 2. The van der Waals surface area contributed by atoms with Gasteiger partial charge in [0.25, 0.3) is 11.8 Å². The molecule has 1 N–H and O–H groups in total. The summed E-state index contributed by atoms with van der Waals surface area (Å²) in [6.45, 7) is 0.891. The monoisotopic (exact) mass is 533 g/mol. The number of nitrogens with one attached hydrogen (secondary N) is 1. The van der Waals surface area contributed by atoms with Crippen molar-refractivity contribution >= 4 is 23.2 Å². The fourth-order valence-electron chi connectivity index (χ4n) is 4.24. The number of thiazole rings is 1. The van der Waals surface area contributed by atoms with Crippen LogP contribution in [-0.2, 0) is 12.7 Å². The Kier molecular flexibility index (Phi) is 8.01. The van der Waals surface area contributed by atoms with Crippen LogP contribution in [0, 0.1) is 0 Å². The summed E-state index contributed by atoms with van der Waals surface area (Å²) in [4.78, 5) is 31.4. The number of hydrogen-bond acceptors (Lipinski definition) is 6. The minimum Gasteiger partial charge on any atom is -0.497 e. The highest BCUT2D eigenvalue weighted by atomic mass is 32.1. The summed E-state index contributed by atoms with van der Waals surface area (Å²) >= 11 is 1.37. The van der Waals surface area contributed by atoms with E-state index in [1.165, 1.54) is 34.4 Å². The van der Waals surface area contributed by atoms with Gasteiger partial charge in [0.15, 0.2) is 0 Å². The molecule has 0 saturated carbocycles. The van der Waals surface area contributed by atoms with E-state index in [0.717, 1.165) is 16.6 Å². The largest absolute Gasteiger partial charge is 0.497 e. The lowest BCUT2D eigenvalue weighted by molar-refractivity contribution is -0.138. The normalized spacial score (nSPS) is 14.4. The molecule has 0 spiro atoms. The molecule has 0 aliphatic carbocycles. The van der Waals surface area contributed by atoms with Crippen LogP contribution in [0.2, 0.25) is 0 Å². The van der Waals surface area contributed by atoms with Crippen molar-refractivity contribution in [2.24, 2.45) is 0 Å². The Morgan fingerprint density at radius 1 is 1.08 bits per heavy atom. The van der Waals surface area contributed by atoms with E-state index in [4.69, 9.17) is 9.47 Å². The maximum absolute atomic E-state index is 13.3. The van der Waals surface area contributed by atoms with Crippen LogP contribution in [0.25, 0.3) is 0 Å². The predicted octanol–water partition coefficient (Wildman–Crippen LogP) is 5.13. The molecule has 1 fully saturated rings.